The van der Waals surface area contributed by atoms with Crippen LogP contribution in [-0.4, -0.2) is 23.9 Å². The molecule has 0 bridgehead atoms. The topological polar surface area (TPSA) is 70.9 Å². The fourth-order valence-corrected chi connectivity index (χ4v) is 2.17. The van der Waals surface area contributed by atoms with Gasteiger partial charge in [-0.1, -0.05) is 39.7 Å². The summed E-state index contributed by atoms with van der Waals surface area (Å²) >= 11 is 9.36. The molecule has 0 aromatic heterocycles. The average Bonchev–Trinajstić information content (AvgIpc) is 2.48. The molecule has 2 rings (SSSR count). The quantitative estimate of drug-likeness (QED) is 0.584. The Morgan fingerprint density at radius 1 is 1.36 bits per heavy atom. The Labute approximate surface area is 140 Å². The fourth-order valence-electron chi connectivity index (χ4n) is 1.61. The largest absolute Gasteiger partial charge is 0.481 e. The van der Waals surface area contributed by atoms with E-state index in [4.69, 9.17) is 21.4 Å². The lowest BCUT2D eigenvalue weighted by molar-refractivity contribution is -0.139. The number of aliphatic carboxylic acids is 1. The minimum atomic E-state index is -1.04. The van der Waals surface area contributed by atoms with Crippen LogP contribution < -0.4 is 10.2 Å². The second-order valence-corrected chi connectivity index (χ2v) is 5.54. The van der Waals surface area contributed by atoms with Crippen LogP contribution in [0.5, 0.6) is 5.75 Å². The van der Waals surface area contributed by atoms with Gasteiger partial charge in [-0.25, -0.2) is 4.79 Å². The van der Waals surface area contributed by atoms with Crippen molar-refractivity contribution in [3.05, 3.63) is 57.5 Å². The molecule has 0 saturated carbocycles. The van der Waals surface area contributed by atoms with Crippen LogP contribution in [-0.2, 0) is 4.79 Å². The van der Waals surface area contributed by atoms with Crippen molar-refractivity contribution >= 4 is 45.4 Å². The number of carboxylic acid groups (broad SMARTS) is 1. The van der Waals surface area contributed by atoms with Crippen LogP contribution in [0.15, 0.2) is 52.0 Å². The number of carbonyl (C=O) groups is 1. The molecule has 2 aromatic carbocycles. The number of halogens is 2. The van der Waals surface area contributed by atoms with Crippen LogP contribution in [0, 0.1) is 0 Å². The van der Waals surface area contributed by atoms with Gasteiger partial charge in [0.25, 0.3) is 0 Å². The van der Waals surface area contributed by atoms with Gasteiger partial charge in [0, 0.05) is 10.0 Å². The number of nitrogens with one attached hydrogen (secondary N) is 1. The standard InChI is InChI=1S/C15H12BrClN2O3/c16-11-5-6-14(22-9-15(20)21)10(7-11)8-18-19-13-4-2-1-3-12(13)17/h1-8,19H,9H2,(H,20,21). The number of anilines is 1. The van der Waals surface area contributed by atoms with Crippen LogP contribution in [0.3, 0.4) is 0 Å². The molecule has 0 aliphatic carbocycles. The Morgan fingerprint density at radius 3 is 2.86 bits per heavy atom. The maximum Gasteiger partial charge on any atom is 0.341 e. The predicted molar refractivity (Wildman–Crippen MR) is 89.9 cm³/mol. The maximum absolute atomic E-state index is 10.6. The molecule has 2 aromatic rings. The van der Waals surface area contributed by atoms with Gasteiger partial charge in [-0.3, -0.25) is 5.43 Å². The van der Waals surface area contributed by atoms with Crippen molar-refractivity contribution in [1.29, 1.82) is 0 Å². The van der Waals surface area contributed by atoms with E-state index in [-0.39, 0.29) is 0 Å². The first-order valence-corrected chi connectivity index (χ1v) is 7.41. The number of carboxylic acids is 1. The van der Waals surface area contributed by atoms with Crippen LogP contribution in [0.25, 0.3) is 0 Å². The summed E-state index contributed by atoms with van der Waals surface area (Å²) < 4.78 is 6.04. The zero-order valence-electron chi connectivity index (χ0n) is 11.3. The Morgan fingerprint density at radius 2 is 2.14 bits per heavy atom. The Hall–Kier alpha value is -2.05. The van der Waals surface area contributed by atoms with Gasteiger partial charge in [0.1, 0.15) is 5.75 Å². The molecule has 2 N–H and O–H groups in total. The summed E-state index contributed by atoms with van der Waals surface area (Å²) in [5.74, 6) is -0.615. The van der Waals surface area contributed by atoms with E-state index in [2.05, 4.69) is 26.5 Å². The van der Waals surface area contributed by atoms with E-state index in [9.17, 15) is 4.79 Å². The van der Waals surface area contributed by atoms with E-state index < -0.39 is 12.6 Å². The van der Waals surface area contributed by atoms with Crippen molar-refractivity contribution in [2.45, 2.75) is 0 Å². The summed E-state index contributed by atoms with van der Waals surface area (Å²) in [6, 6.07) is 12.4. The Balaban J connectivity index is 2.13. The molecule has 0 spiro atoms. The van der Waals surface area contributed by atoms with E-state index >= 15 is 0 Å². The van der Waals surface area contributed by atoms with E-state index in [1.54, 1.807) is 30.3 Å². The fraction of sp³-hybridized carbons (Fsp3) is 0.0667. The molecule has 114 valence electrons. The molecule has 22 heavy (non-hydrogen) atoms. The molecule has 0 saturated heterocycles. The first-order chi connectivity index (χ1) is 10.6. The smallest absolute Gasteiger partial charge is 0.341 e. The van der Waals surface area contributed by atoms with Gasteiger partial charge < -0.3 is 9.84 Å². The van der Waals surface area contributed by atoms with Crippen molar-refractivity contribution in [2.75, 3.05) is 12.0 Å². The third-order valence-corrected chi connectivity index (χ3v) is 3.41. The number of nitrogens with zero attached hydrogens (tertiary/aromatic N) is 1. The van der Waals surface area contributed by atoms with Crippen molar-refractivity contribution < 1.29 is 14.6 Å². The number of ether oxygens (including phenoxy) is 1. The van der Waals surface area contributed by atoms with Gasteiger partial charge in [-0.05, 0) is 30.3 Å². The predicted octanol–water partition coefficient (Wildman–Crippen LogP) is 4.01. The van der Waals surface area contributed by atoms with Gasteiger partial charge >= 0.3 is 5.97 Å². The SMILES string of the molecule is O=C(O)COc1ccc(Br)cc1C=NNc1ccccc1Cl. The van der Waals surface area contributed by atoms with Gasteiger partial charge in [-0.2, -0.15) is 5.10 Å². The van der Waals surface area contributed by atoms with Crippen molar-refractivity contribution in [1.82, 2.24) is 0 Å². The van der Waals surface area contributed by atoms with Crippen LogP contribution in [0.4, 0.5) is 5.69 Å². The van der Waals surface area contributed by atoms with Crippen molar-refractivity contribution in [3.63, 3.8) is 0 Å². The summed E-state index contributed by atoms with van der Waals surface area (Å²) in [5, 5.41) is 13.3. The lowest BCUT2D eigenvalue weighted by Crippen LogP contribution is -2.10. The number of hydrazone groups is 1. The van der Waals surface area contributed by atoms with E-state index in [1.165, 1.54) is 6.21 Å². The minimum Gasteiger partial charge on any atom is -0.481 e. The lowest BCUT2D eigenvalue weighted by atomic mass is 10.2. The lowest BCUT2D eigenvalue weighted by Gasteiger charge is -2.07. The van der Waals surface area contributed by atoms with Crippen molar-refractivity contribution in [3.8, 4) is 5.75 Å². The van der Waals surface area contributed by atoms with Crippen LogP contribution in [0.2, 0.25) is 5.02 Å². The monoisotopic (exact) mass is 382 g/mol. The summed E-state index contributed by atoms with van der Waals surface area (Å²) in [5.41, 5.74) is 4.13. The number of para-hydroxylation sites is 1. The minimum absolute atomic E-state index is 0.416. The molecule has 7 heteroatoms. The Kier molecular flexibility index (Phi) is 5.80. The Bertz CT molecular complexity index is 707. The van der Waals surface area contributed by atoms with Crippen molar-refractivity contribution in [2.24, 2.45) is 5.10 Å². The van der Waals surface area contributed by atoms with Gasteiger partial charge in [0.15, 0.2) is 6.61 Å². The summed E-state index contributed by atoms with van der Waals surface area (Å²) in [6.45, 7) is -0.416. The number of hydrogen-bond donors (Lipinski definition) is 2. The average molecular weight is 384 g/mol. The second kappa shape index (κ2) is 7.82. The van der Waals surface area contributed by atoms with E-state index in [0.29, 0.717) is 22.0 Å². The number of benzene rings is 2. The molecule has 0 unspecified atom stereocenters. The van der Waals surface area contributed by atoms with E-state index in [1.807, 2.05) is 12.1 Å². The van der Waals surface area contributed by atoms with Gasteiger partial charge in [-0.15, -0.1) is 0 Å². The van der Waals surface area contributed by atoms with Gasteiger partial charge in [0.2, 0.25) is 0 Å². The first kappa shape index (κ1) is 16.3. The molecule has 0 radical (unpaired) electrons. The zero-order valence-corrected chi connectivity index (χ0v) is 13.6. The number of hydrogen-bond acceptors (Lipinski definition) is 4. The zero-order chi connectivity index (χ0) is 15.9. The second-order valence-electron chi connectivity index (χ2n) is 4.21. The molecule has 0 aliphatic heterocycles. The first-order valence-electron chi connectivity index (χ1n) is 6.24. The van der Waals surface area contributed by atoms with Crippen LogP contribution >= 0.6 is 27.5 Å². The summed E-state index contributed by atoms with van der Waals surface area (Å²) in [7, 11) is 0. The van der Waals surface area contributed by atoms with Gasteiger partial charge in [0.05, 0.1) is 16.9 Å². The highest BCUT2D eigenvalue weighted by atomic mass is 79.9. The molecular weight excluding hydrogens is 372 g/mol. The molecule has 0 fully saturated rings. The summed E-state index contributed by atoms with van der Waals surface area (Å²) in [4.78, 5) is 10.6. The molecule has 0 heterocycles. The van der Waals surface area contributed by atoms with E-state index in [0.717, 1.165) is 4.47 Å². The molecule has 0 amide bonds. The summed E-state index contributed by atoms with van der Waals surface area (Å²) in [6.07, 6.45) is 1.53. The maximum atomic E-state index is 10.6. The molecule has 0 atom stereocenters. The van der Waals surface area contributed by atoms with Crippen LogP contribution in [0.1, 0.15) is 5.56 Å². The third kappa shape index (κ3) is 4.75. The highest BCUT2D eigenvalue weighted by molar-refractivity contribution is 9.10. The normalized spacial score (nSPS) is 10.6. The molecule has 5 nitrogen and oxygen atoms in total. The molecular formula is C15H12BrClN2O3. The third-order valence-electron chi connectivity index (χ3n) is 2.59. The molecule has 0 aliphatic rings. The number of rotatable bonds is 6. The highest BCUT2D eigenvalue weighted by Crippen LogP contribution is 2.23. The highest BCUT2D eigenvalue weighted by Gasteiger charge is 2.05.